The van der Waals surface area contributed by atoms with Gasteiger partial charge in [0, 0.05) is 28.5 Å². The highest BCUT2D eigenvalue weighted by Crippen LogP contribution is 2.29. The van der Waals surface area contributed by atoms with E-state index < -0.39 is 17.5 Å². The van der Waals surface area contributed by atoms with Crippen LogP contribution < -0.4 is 11.1 Å². The summed E-state index contributed by atoms with van der Waals surface area (Å²) in [5.74, 6) is -2.62. The van der Waals surface area contributed by atoms with E-state index in [1.165, 1.54) is 30.2 Å². The van der Waals surface area contributed by atoms with Gasteiger partial charge < -0.3 is 21.1 Å². The van der Waals surface area contributed by atoms with Gasteiger partial charge in [-0.1, -0.05) is 30.0 Å². The van der Waals surface area contributed by atoms with E-state index in [1.54, 1.807) is 6.07 Å². The summed E-state index contributed by atoms with van der Waals surface area (Å²) in [6, 6.07) is 9.69. The number of halogens is 2. The predicted octanol–water partition coefficient (Wildman–Crippen LogP) is 3.39. The zero-order valence-electron chi connectivity index (χ0n) is 16.0. The minimum absolute atomic E-state index is 0.0616. The monoisotopic (exact) mass is 441 g/mol. The van der Waals surface area contributed by atoms with E-state index in [4.69, 9.17) is 5.73 Å². The molecule has 0 saturated heterocycles. The lowest BCUT2D eigenvalue weighted by Gasteiger charge is -2.09. The van der Waals surface area contributed by atoms with E-state index in [0.717, 1.165) is 11.0 Å². The quantitative estimate of drug-likeness (QED) is 0.364. The molecule has 4 aromatic rings. The van der Waals surface area contributed by atoms with Gasteiger partial charge in [0.2, 0.25) is 0 Å². The molecule has 0 bridgehead atoms. The minimum Gasteiger partial charge on any atom is -0.392 e. The number of nitrogen functional groups attached to an aromatic ring is 1. The Morgan fingerprint density at radius 3 is 2.81 bits per heavy atom. The fourth-order valence-corrected chi connectivity index (χ4v) is 3.94. The molecule has 0 atom stereocenters. The van der Waals surface area contributed by atoms with Crippen molar-refractivity contribution in [2.45, 2.75) is 23.1 Å². The van der Waals surface area contributed by atoms with Crippen LogP contribution in [0.4, 0.5) is 14.6 Å². The summed E-state index contributed by atoms with van der Waals surface area (Å²) in [6.45, 7) is -0.203. The first-order valence-corrected chi connectivity index (χ1v) is 10.0. The number of fused-ring (bicyclic) bond motifs is 1. The number of anilines is 1. The molecule has 0 spiro atoms. The summed E-state index contributed by atoms with van der Waals surface area (Å²) in [6.07, 6.45) is 2.93. The molecule has 0 radical (unpaired) electrons. The molecule has 0 aliphatic carbocycles. The molecule has 4 rings (SSSR count). The summed E-state index contributed by atoms with van der Waals surface area (Å²) in [5.41, 5.74) is 7.26. The number of aliphatic hydroxyl groups excluding tert-OH is 1. The van der Waals surface area contributed by atoms with Crippen LogP contribution in [0, 0.1) is 11.6 Å². The molecule has 31 heavy (non-hydrogen) atoms. The number of rotatable bonds is 6. The first-order chi connectivity index (χ1) is 15.0. The van der Waals surface area contributed by atoms with Crippen molar-refractivity contribution in [3.05, 3.63) is 77.2 Å². The van der Waals surface area contributed by atoms with Crippen LogP contribution in [0.5, 0.6) is 0 Å². The largest absolute Gasteiger partial charge is 0.392 e. The third-order valence-electron chi connectivity index (χ3n) is 4.61. The van der Waals surface area contributed by atoms with Crippen molar-refractivity contribution in [3.8, 4) is 0 Å². The third kappa shape index (κ3) is 4.21. The number of aromatic amines is 1. The Morgan fingerprint density at radius 2 is 2.00 bits per heavy atom. The maximum absolute atomic E-state index is 14.2. The summed E-state index contributed by atoms with van der Waals surface area (Å²) in [5, 5.41) is 12.6. The predicted molar refractivity (Wildman–Crippen MR) is 112 cm³/mol. The first kappa shape index (κ1) is 20.8. The zero-order valence-corrected chi connectivity index (χ0v) is 16.8. The Labute approximate surface area is 179 Å². The average molecular weight is 441 g/mol. The van der Waals surface area contributed by atoms with Gasteiger partial charge in [-0.2, -0.15) is 0 Å². The lowest BCUT2D eigenvalue weighted by Crippen LogP contribution is -2.25. The molecule has 2 aromatic heterocycles. The maximum Gasteiger partial charge on any atom is 0.274 e. The van der Waals surface area contributed by atoms with E-state index >= 15 is 0 Å². The summed E-state index contributed by atoms with van der Waals surface area (Å²) < 4.78 is 27.7. The Morgan fingerprint density at radius 1 is 1.19 bits per heavy atom. The smallest absolute Gasteiger partial charge is 0.274 e. The van der Waals surface area contributed by atoms with Crippen LogP contribution in [0.1, 0.15) is 21.6 Å². The van der Waals surface area contributed by atoms with E-state index in [2.05, 4.69) is 20.3 Å². The number of nitrogens with zero attached hydrogens (tertiary/aromatic N) is 2. The van der Waals surface area contributed by atoms with E-state index in [0.29, 0.717) is 21.7 Å². The van der Waals surface area contributed by atoms with Gasteiger partial charge in [0.1, 0.15) is 5.03 Å². The van der Waals surface area contributed by atoms with Crippen molar-refractivity contribution in [1.29, 1.82) is 0 Å². The highest BCUT2D eigenvalue weighted by atomic mass is 32.2. The van der Waals surface area contributed by atoms with Crippen LogP contribution >= 0.6 is 11.8 Å². The lowest BCUT2D eigenvalue weighted by atomic mass is 10.1. The molecule has 0 aliphatic rings. The van der Waals surface area contributed by atoms with Gasteiger partial charge in [-0.25, -0.2) is 18.7 Å². The second-order valence-electron chi connectivity index (χ2n) is 6.59. The van der Waals surface area contributed by atoms with Crippen LogP contribution in [-0.2, 0) is 13.2 Å². The zero-order chi connectivity index (χ0) is 22.0. The van der Waals surface area contributed by atoms with Crippen molar-refractivity contribution < 1.29 is 18.7 Å². The molecular weight excluding hydrogens is 424 g/mol. The number of carbonyl (C=O) groups excluding carboxylic acids is 1. The number of benzene rings is 2. The SMILES string of the molecule is Nc1ncc(Sc2ccccc2CO)nc1C(=O)NCc1c[nH]c2ccc(F)c(F)c12. The molecule has 0 aliphatic heterocycles. The number of hydrogen-bond acceptors (Lipinski definition) is 6. The Hall–Kier alpha value is -3.50. The average Bonchev–Trinajstić information content (AvgIpc) is 3.20. The third-order valence-corrected chi connectivity index (χ3v) is 5.63. The molecule has 0 saturated carbocycles. The van der Waals surface area contributed by atoms with Crippen LogP contribution in [0.25, 0.3) is 10.9 Å². The number of H-pyrrole nitrogens is 1. The summed E-state index contributed by atoms with van der Waals surface area (Å²) in [4.78, 5) is 24.6. The van der Waals surface area contributed by atoms with Crippen LogP contribution in [0.2, 0.25) is 0 Å². The Balaban J connectivity index is 1.54. The number of hydrogen-bond donors (Lipinski definition) is 4. The van der Waals surface area contributed by atoms with Crippen LogP contribution in [0.3, 0.4) is 0 Å². The number of amides is 1. The highest BCUT2D eigenvalue weighted by molar-refractivity contribution is 7.99. The van der Waals surface area contributed by atoms with E-state index in [9.17, 15) is 18.7 Å². The molecule has 0 unspecified atom stereocenters. The molecular formula is C21H17F2N5O2S. The topological polar surface area (TPSA) is 117 Å². The fraction of sp³-hybridized carbons (Fsp3) is 0.0952. The number of carbonyl (C=O) groups is 1. The highest BCUT2D eigenvalue weighted by Gasteiger charge is 2.17. The normalized spacial score (nSPS) is 11.1. The molecule has 2 aromatic carbocycles. The van der Waals surface area contributed by atoms with Crippen molar-refractivity contribution >= 4 is 34.4 Å². The Bertz CT molecular complexity index is 1280. The van der Waals surface area contributed by atoms with Crippen LogP contribution in [-0.4, -0.2) is 26.0 Å². The van der Waals surface area contributed by atoms with E-state index in [-0.39, 0.29) is 30.0 Å². The van der Waals surface area contributed by atoms with Crippen molar-refractivity contribution in [3.63, 3.8) is 0 Å². The minimum atomic E-state index is -0.983. The first-order valence-electron chi connectivity index (χ1n) is 9.19. The van der Waals surface area contributed by atoms with E-state index in [1.807, 2.05) is 18.2 Å². The molecule has 0 fully saturated rings. The van der Waals surface area contributed by atoms with Crippen molar-refractivity contribution in [2.75, 3.05) is 5.73 Å². The second-order valence-corrected chi connectivity index (χ2v) is 7.65. The van der Waals surface area contributed by atoms with Crippen LogP contribution in [0.15, 0.2) is 58.7 Å². The van der Waals surface area contributed by atoms with Gasteiger partial charge in [-0.05, 0) is 29.3 Å². The summed E-state index contributed by atoms with van der Waals surface area (Å²) >= 11 is 1.23. The van der Waals surface area contributed by atoms with Gasteiger partial charge in [0.25, 0.3) is 5.91 Å². The van der Waals surface area contributed by atoms with Gasteiger partial charge >= 0.3 is 0 Å². The molecule has 2 heterocycles. The number of nitrogens with two attached hydrogens (primary N) is 1. The van der Waals surface area contributed by atoms with Crippen molar-refractivity contribution in [2.24, 2.45) is 0 Å². The molecule has 7 nitrogen and oxygen atoms in total. The molecule has 1 amide bonds. The number of nitrogens with one attached hydrogen (secondary N) is 2. The Kier molecular flexibility index (Phi) is 5.83. The maximum atomic E-state index is 14.2. The lowest BCUT2D eigenvalue weighted by molar-refractivity contribution is 0.0946. The molecule has 10 heteroatoms. The second kappa shape index (κ2) is 8.70. The number of aromatic nitrogens is 3. The molecule has 158 valence electrons. The van der Waals surface area contributed by atoms with Gasteiger partial charge in [-0.15, -0.1) is 0 Å². The van der Waals surface area contributed by atoms with Gasteiger partial charge in [0.15, 0.2) is 23.1 Å². The van der Waals surface area contributed by atoms with Gasteiger partial charge in [0.05, 0.1) is 12.8 Å². The van der Waals surface area contributed by atoms with Crippen molar-refractivity contribution in [1.82, 2.24) is 20.3 Å². The summed E-state index contributed by atoms with van der Waals surface area (Å²) in [7, 11) is 0. The van der Waals surface area contributed by atoms with Gasteiger partial charge in [-0.3, -0.25) is 4.79 Å². The number of aliphatic hydroxyl groups is 1. The standard InChI is InChI=1S/C21H17F2N5O2S/c22-13-5-6-14-17(18(13)23)12(7-25-14)8-27-21(30)19-20(24)26-9-16(28-19)31-15-4-2-1-3-11(15)10-29/h1-7,9,25,29H,8,10H2,(H2,24,26)(H,27,30). The molecule has 5 N–H and O–H groups in total. The fourth-order valence-electron chi connectivity index (χ4n) is 3.07.